The van der Waals surface area contributed by atoms with Crippen LogP contribution in [0.2, 0.25) is 0 Å². The average molecular weight is 442 g/mol. The number of esters is 1. The molecule has 0 radical (unpaired) electrons. The van der Waals surface area contributed by atoms with Crippen molar-refractivity contribution in [2.75, 3.05) is 12.0 Å². The van der Waals surface area contributed by atoms with Gasteiger partial charge in [0.25, 0.3) is 0 Å². The van der Waals surface area contributed by atoms with E-state index in [2.05, 4.69) is 0 Å². The molecule has 1 N–H and O–H groups in total. The minimum atomic E-state index is -1.27. The Morgan fingerprint density at radius 1 is 1.28 bits per heavy atom. The van der Waals surface area contributed by atoms with E-state index >= 15 is 0 Å². The van der Waals surface area contributed by atoms with Crippen molar-refractivity contribution in [3.8, 4) is 0 Å². The van der Waals surface area contributed by atoms with Crippen molar-refractivity contribution >= 4 is 28.8 Å². The summed E-state index contributed by atoms with van der Waals surface area (Å²) in [7, 11) is 1.22. The number of fused-ring (bicyclic) bond motifs is 1. The summed E-state index contributed by atoms with van der Waals surface area (Å²) in [6, 6.07) is 2.54. The van der Waals surface area contributed by atoms with E-state index in [4.69, 9.17) is 9.84 Å². The van der Waals surface area contributed by atoms with Gasteiger partial charge in [-0.15, -0.1) is 0 Å². The van der Waals surface area contributed by atoms with Gasteiger partial charge in [-0.25, -0.2) is 9.18 Å². The standard InChI is InChI=1S/C24H28FN3O4/c1-24(2,31)18-12-20-16(13-28(26-20)17-8-6-15(14-29)7-9-17)11-21(18)27-10-4-5-19(25)22(27)23(30)32-3/h4-5,10-15,17,22,31H,6-9H2,1-3H3. The van der Waals surface area contributed by atoms with E-state index in [1.165, 1.54) is 24.2 Å². The van der Waals surface area contributed by atoms with Crippen molar-refractivity contribution < 1.29 is 23.8 Å². The van der Waals surface area contributed by atoms with Crippen LogP contribution >= 0.6 is 0 Å². The van der Waals surface area contributed by atoms with Gasteiger partial charge in [0.15, 0.2) is 6.04 Å². The van der Waals surface area contributed by atoms with Crippen LogP contribution in [0.15, 0.2) is 42.5 Å². The van der Waals surface area contributed by atoms with Gasteiger partial charge < -0.3 is 19.5 Å². The summed E-state index contributed by atoms with van der Waals surface area (Å²) >= 11 is 0. The number of hydrogen-bond acceptors (Lipinski definition) is 6. The molecule has 1 fully saturated rings. The number of methoxy groups -OCH3 is 1. The fraction of sp³-hybridized carbons (Fsp3) is 0.458. The smallest absolute Gasteiger partial charge is 0.336 e. The molecule has 1 atom stereocenters. The van der Waals surface area contributed by atoms with Gasteiger partial charge in [0.1, 0.15) is 12.1 Å². The molecular weight excluding hydrogens is 413 g/mol. The highest BCUT2D eigenvalue weighted by Crippen LogP contribution is 2.39. The number of aromatic nitrogens is 2. The highest BCUT2D eigenvalue weighted by molar-refractivity contribution is 5.89. The Kier molecular flexibility index (Phi) is 5.90. The second-order valence-electron chi connectivity index (χ2n) is 9.03. The van der Waals surface area contributed by atoms with Crippen molar-refractivity contribution in [1.82, 2.24) is 9.78 Å². The SMILES string of the molecule is COC(=O)C1C(F)=CC=CN1c1cc2cn(C3CCC(C=O)CC3)nc2cc1C(C)(C)O. The molecule has 1 aromatic carbocycles. The number of aliphatic hydroxyl groups is 1. The zero-order valence-corrected chi connectivity index (χ0v) is 18.5. The summed E-state index contributed by atoms with van der Waals surface area (Å²) in [6.07, 6.45) is 10.8. The highest BCUT2D eigenvalue weighted by Gasteiger charge is 2.35. The molecule has 32 heavy (non-hydrogen) atoms. The minimum Gasteiger partial charge on any atom is -0.467 e. The summed E-state index contributed by atoms with van der Waals surface area (Å²) in [5.41, 5.74) is 0.467. The summed E-state index contributed by atoms with van der Waals surface area (Å²) in [5, 5.41) is 16.4. The molecule has 8 heteroatoms. The summed E-state index contributed by atoms with van der Waals surface area (Å²) in [4.78, 5) is 24.9. The van der Waals surface area contributed by atoms with E-state index in [1.54, 1.807) is 26.1 Å². The van der Waals surface area contributed by atoms with E-state index in [-0.39, 0.29) is 12.0 Å². The van der Waals surface area contributed by atoms with Crippen LogP contribution in [-0.4, -0.2) is 40.3 Å². The average Bonchev–Trinajstić information content (AvgIpc) is 3.20. The van der Waals surface area contributed by atoms with Crippen molar-refractivity contribution in [3.63, 3.8) is 0 Å². The molecule has 170 valence electrons. The quantitative estimate of drug-likeness (QED) is 0.559. The molecule has 1 aliphatic carbocycles. The molecule has 1 saturated carbocycles. The monoisotopic (exact) mass is 441 g/mol. The molecule has 0 bridgehead atoms. The number of hydrogen-bond donors (Lipinski definition) is 1. The molecule has 1 aliphatic heterocycles. The number of nitrogens with zero attached hydrogens (tertiary/aromatic N) is 3. The van der Waals surface area contributed by atoms with Crippen LogP contribution in [0, 0.1) is 5.92 Å². The molecule has 1 aromatic heterocycles. The first-order valence-corrected chi connectivity index (χ1v) is 10.8. The van der Waals surface area contributed by atoms with Crippen LogP contribution in [0.3, 0.4) is 0 Å². The van der Waals surface area contributed by atoms with Gasteiger partial charge in [-0.05, 0) is 63.8 Å². The zero-order valence-electron chi connectivity index (χ0n) is 18.5. The van der Waals surface area contributed by atoms with Gasteiger partial charge in [-0.3, -0.25) is 4.68 Å². The number of ether oxygens (including phenoxy) is 1. The van der Waals surface area contributed by atoms with Crippen LogP contribution < -0.4 is 4.90 Å². The van der Waals surface area contributed by atoms with E-state index in [0.29, 0.717) is 16.8 Å². The van der Waals surface area contributed by atoms with Crippen molar-refractivity contribution in [1.29, 1.82) is 0 Å². The third-order valence-corrected chi connectivity index (χ3v) is 6.35. The van der Waals surface area contributed by atoms with Crippen LogP contribution in [0.1, 0.15) is 51.1 Å². The van der Waals surface area contributed by atoms with Crippen molar-refractivity contribution in [3.05, 3.63) is 48.1 Å². The Labute approximate surface area is 186 Å². The Hall–Kier alpha value is -3.00. The fourth-order valence-electron chi connectivity index (χ4n) is 4.57. The number of carbonyl (C=O) groups is 2. The number of allylic oxidation sites excluding steroid dienone is 2. The molecular formula is C24H28FN3O4. The molecule has 2 heterocycles. The Bertz CT molecular complexity index is 1090. The van der Waals surface area contributed by atoms with E-state index in [0.717, 1.165) is 37.4 Å². The van der Waals surface area contributed by atoms with Crippen molar-refractivity contribution in [2.45, 2.75) is 57.2 Å². The number of benzene rings is 1. The largest absolute Gasteiger partial charge is 0.467 e. The van der Waals surface area contributed by atoms with E-state index in [1.807, 2.05) is 16.9 Å². The van der Waals surface area contributed by atoms with Gasteiger partial charge in [-0.2, -0.15) is 5.10 Å². The second-order valence-corrected chi connectivity index (χ2v) is 9.03. The molecule has 0 amide bonds. The lowest BCUT2D eigenvalue weighted by atomic mass is 9.87. The zero-order chi connectivity index (χ0) is 23.0. The molecule has 2 aromatic rings. The normalized spacial score (nSPS) is 23.8. The van der Waals surface area contributed by atoms with Gasteiger partial charge >= 0.3 is 5.97 Å². The van der Waals surface area contributed by atoms with Crippen LogP contribution in [0.25, 0.3) is 10.9 Å². The summed E-state index contributed by atoms with van der Waals surface area (Å²) < 4.78 is 21.4. The van der Waals surface area contributed by atoms with Gasteiger partial charge in [0, 0.05) is 35.0 Å². The molecule has 0 saturated heterocycles. The number of aldehydes is 1. The molecule has 0 spiro atoms. The predicted molar refractivity (Wildman–Crippen MR) is 119 cm³/mol. The van der Waals surface area contributed by atoms with Crippen LogP contribution in [-0.2, 0) is 19.9 Å². The highest BCUT2D eigenvalue weighted by atomic mass is 19.1. The first-order chi connectivity index (χ1) is 15.2. The van der Waals surface area contributed by atoms with E-state index < -0.39 is 23.4 Å². The number of rotatable bonds is 5. The first-order valence-electron chi connectivity index (χ1n) is 10.8. The minimum absolute atomic E-state index is 0.119. The number of halogens is 1. The number of carbonyl (C=O) groups excluding carboxylic acids is 2. The molecule has 2 aliphatic rings. The Morgan fingerprint density at radius 3 is 2.62 bits per heavy atom. The van der Waals surface area contributed by atoms with Crippen LogP contribution in [0.4, 0.5) is 10.1 Å². The van der Waals surface area contributed by atoms with Gasteiger partial charge in [0.2, 0.25) is 0 Å². The Balaban J connectivity index is 1.78. The van der Waals surface area contributed by atoms with Crippen LogP contribution in [0.5, 0.6) is 0 Å². The lowest BCUT2D eigenvalue weighted by Crippen LogP contribution is -2.41. The van der Waals surface area contributed by atoms with E-state index in [9.17, 15) is 19.1 Å². The third kappa shape index (κ3) is 4.07. The fourth-order valence-corrected chi connectivity index (χ4v) is 4.57. The summed E-state index contributed by atoms with van der Waals surface area (Å²) in [5.74, 6) is -1.25. The number of anilines is 1. The molecule has 4 rings (SSSR count). The van der Waals surface area contributed by atoms with Crippen molar-refractivity contribution in [2.24, 2.45) is 5.92 Å². The topological polar surface area (TPSA) is 84.7 Å². The Morgan fingerprint density at radius 2 is 2.00 bits per heavy atom. The maximum atomic E-state index is 14.6. The lowest BCUT2D eigenvalue weighted by molar-refractivity contribution is -0.141. The second kappa shape index (κ2) is 8.50. The lowest BCUT2D eigenvalue weighted by Gasteiger charge is -2.33. The summed E-state index contributed by atoms with van der Waals surface area (Å²) in [6.45, 7) is 3.28. The molecule has 1 unspecified atom stereocenters. The third-order valence-electron chi connectivity index (χ3n) is 6.35. The van der Waals surface area contributed by atoms with Gasteiger partial charge in [-0.1, -0.05) is 0 Å². The maximum Gasteiger partial charge on any atom is 0.336 e. The van der Waals surface area contributed by atoms with Gasteiger partial charge in [0.05, 0.1) is 24.3 Å². The molecule has 7 nitrogen and oxygen atoms in total. The predicted octanol–water partition coefficient (Wildman–Crippen LogP) is 3.92. The maximum absolute atomic E-state index is 14.6. The first kappa shape index (κ1) is 22.2.